The van der Waals surface area contributed by atoms with Gasteiger partial charge in [0.25, 0.3) is 0 Å². The van der Waals surface area contributed by atoms with Gasteiger partial charge < -0.3 is 9.30 Å². The summed E-state index contributed by atoms with van der Waals surface area (Å²) in [5.41, 5.74) is 1.91. The van der Waals surface area contributed by atoms with E-state index >= 15 is 0 Å². The molecule has 0 aliphatic carbocycles. The number of aromatic nitrogens is 2. The van der Waals surface area contributed by atoms with Gasteiger partial charge >= 0.3 is 0 Å². The summed E-state index contributed by atoms with van der Waals surface area (Å²) in [4.78, 5) is 4.28. The van der Waals surface area contributed by atoms with Crippen LogP contribution in [-0.2, 0) is 0 Å². The zero-order valence-electron chi connectivity index (χ0n) is 7.70. The fourth-order valence-electron chi connectivity index (χ4n) is 1.89. The van der Waals surface area contributed by atoms with Crippen molar-refractivity contribution in [2.75, 3.05) is 6.61 Å². The van der Waals surface area contributed by atoms with Crippen LogP contribution in [0.25, 0.3) is 11.0 Å². The van der Waals surface area contributed by atoms with Crippen LogP contribution < -0.4 is 4.74 Å². The molecule has 0 saturated carbocycles. The van der Waals surface area contributed by atoms with Crippen molar-refractivity contribution in [1.82, 2.24) is 9.55 Å². The summed E-state index contributed by atoms with van der Waals surface area (Å²) in [6.45, 7) is 2.73. The molecule has 0 fully saturated rings. The zero-order chi connectivity index (χ0) is 9.71. The van der Waals surface area contributed by atoms with Crippen molar-refractivity contribution in [2.24, 2.45) is 0 Å². The SMILES string of the molecule is C[C@H]1COc2cccc3nc(Cl)n1c23. The molecule has 1 aromatic heterocycles. The Morgan fingerprint density at radius 2 is 2.43 bits per heavy atom. The average Bonchev–Trinajstić information content (AvgIpc) is 2.51. The summed E-state index contributed by atoms with van der Waals surface area (Å²) in [6, 6.07) is 6.08. The predicted octanol–water partition coefficient (Wildman–Crippen LogP) is 2.64. The Morgan fingerprint density at radius 3 is 3.29 bits per heavy atom. The molecule has 3 nitrogen and oxygen atoms in total. The maximum Gasteiger partial charge on any atom is 0.204 e. The first-order chi connectivity index (χ1) is 6.77. The Morgan fingerprint density at radius 1 is 1.57 bits per heavy atom. The lowest BCUT2D eigenvalue weighted by atomic mass is 10.2. The number of imidazole rings is 1. The molecule has 1 aromatic carbocycles. The topological polar surface area (TPSA) is 27.1 Å². The van der Waals surface area contributed by atoms with Crippen molar-refractivity contribution >= 4 is 22.6 Å². The van der Waals surface area contributed by atoms with Crippen molar-refractivity contribution in [3.8, 4) is 5.75 Å². The van der Waals surface area contributed by atoms with Gasteiger partial charge in [0, 0.05) is 0 Å². The highest BCUT2D eigenvalue weighted by atomic mass is 35.5. The number of nitrogens with zero attached hydrogens (tertiary/aromatic N) is 2. The van der Waals surface area contributed by atoms with Gasteiger partial charge in [0.15, 0.2) is 0 Å². The maximum atomic E-state index is 6.06. The molecule has 2 aromatic rings. The smallest absolute Gasteiger partial charge is 0.204 e. The number of para-hydroxylation sites is 1. The van der Waals surface area contributed by atoms with E-state index in [1.165, 1.54) is 0 Å². The monoisotopic (exact) mass is 208 g/mol. The molecule has 0 spiro atoms. The molecular weight excluding hydrogens is 200 g/mol. The lowest BCUT2D eigenvalue weighted by molar-refractivity contribution is 0.248. The van der Waals surface area contributed by atoms with Crippen LogP contribution in [-0.4, -0.2) is 16.2 Å². The number of halogens is 1. The predicted molar refractivity (Wildman–Crippen MR) is 54.9 cm³/mol. The summed E-state index contributed by atoms with van der Waals surface area (Å²) in [6.07, 6.45) is 0. The van der Waals surface area contributed by atoms with Gasteiger partial charge in [-0.2, -0.15) is 0 Å². The highest BCUT2D eigenvalue weighted by Gasteiger charge is 2.22. The van der Waals surface area contributed by atoms with E-state index in [0.29, 0.717) is 11.9 Å². The number of ether oxygens (including phenoxy) is 1. The third-order valence-electron chi connectivity index (χ3n) is 2.55. The molecule has 0 amide bonds. The Bertz CT molecular complexity index is 506. The van der Waals surface area contributed by atoms with Crippen molar-refractivity contribution in [3.63, 3.8) is 0 Å². The third kappa shape index (κ3) is 0.904. The Hall–Kier alpha value is -1.22. The minimum Gasteiger partial charge on any atom is -0.489 e. The Labute approximate surface area is 86.3 Å². The van der Waals surface area contributed by atoms with E-state index in [1.54, 1.807) is 0 Å². The van der Waals surface area contributed by atoms with E-state index in [-0.39, 0.29) is 6.04 Å². The molecule has 1 atom stereocenters. The fraction of sp³-hybridized carbons (Fsp3) is 0.300. The summed E-state index contributed by atoms with van der Waals surface area (Å²) < 4.78 is 7.63. The molecule has 4 heteroatoms. The molecule has 72 valence electrons. The van der Waals surface area contributed by atoms with Crippen LogP contribution in [0.1, 0.15) is 13.0 Å². The van der Waals surface area contributed by atoms with Crippen LogP contribution in [0.5, 0.6) is 5.75 Å². The van der Waals surface area contributed by atoms with E-state index in [1.807, 2.05) is 22.8 Å². The van der Waals surface area contributed by atoms with Crippen molar-refractivity contribution in [3.05, 3.63) is 23.5 Å². The fourth-order valence-corrected chi connectivity index (χ4v) is 2.23. The highest BCUT2D eigenvalue weighted by Crippen LogP contribution is 2.34. The lowest BCUT2D eigenvalue weighted by Crippen LogP contribution is -2.19. The summed E-state index contributed by atoms with van der Waals surface area (Å²) in [7, 11) is 0. The van der Waals surface area contributed by atoms with Crippen molar-refractivity contribution in [1.29, 1.82) is 0 Å². The van der Waals surface area contributed by atoms with Gasteiger partial charge in [-0.1, -0.05) is 6.07 Å². The standard InChI is InChI=1S/C10H9ClN2O/c1-6-5-14-8-4-2-3-7-9(8)13(6)10(11)12-7/h2-4,6H,5H2,1H3/t6-/m0/s1. The summed E-state index contributed by atoms with van der Waals surface area (Å²) in [5, 5.41) is 0.545. The molecule has 0 bridgehead atoms. The van der Waals surface area contributed by atoms with Gasteiger partial charge in [0.1, 0.15) is 17.9 Å². The molecule has 0 N–H and O–H groups in total. The maximum absolute atomic E-state index is 6.06. The van der Waals surface area contributed by atoms with Gasteiger partial charge in [-0.15, -0.1) is 0 Å². The molecule has 0 radical (unpaired) electrons. The van der Waals surface area contributed by atoms with Crippen molar-refractivity contribution < 1.29 is 4.74 Å². The van der Waals surface area contributed by atoms with Gasteiger partial charge in [-0.3, -0.25) is 0 Å². The summed E-state index contributed by atoms with van der Waals surface area (Å²) in [5.74, 6) is 0.875. The molecule has 1 aliphatic rings. The van der Waals surface area contributed by atoms with Crippen LogP contribution in [0.4, 0.5) is 0 Å². The molecule has 0 unspecified atom stereocenters. The largest absolute Gasteiger partial charge is 0.489 e. The minimum atomic E-state index is 0.252. The van der Waals surface area contributed by atoms with Gasteiger partial charge in [-0.25, -0.2) is 4.98 Å². The number of hydrogen-bond acceptors (Lipinski definition) is 2. The molecule has 2 heterocycles. The first-order valence-electron chi connectivity index (χ1n) is 4.56. The summed E-state index contributed by atoms with van der Waals surface area (Å²) >= 11 is 6.06. The van der Waals surface area contributed by atoms with Crippen LogP contribution in [0.3, 0.4) is 0 Å². The van der Waals surface area contributed by atoms with E-state index in [2.05, 4.69) is 11.9 Å². The Kier molecular flexibility index (Phi) is 1.53. The number of rotatable bonds is 0. The number of benzene rings is 1. The van der Waals surface area contributed by atoms with Gasteiger partial charge in [-0.05, 0) is 30.7 Å². The third-order valence-corrected chi connectivity index (χ3v) is 2.82. The minimum absolute atomic E-state index is 0.252. The van der Waals surface area contributed by atoms with Crippen LogP contribution >= 0.6 is 11.6 Å². The van der Waals surface area contributed by atoms with E-state index in [0.717, 1.165) is 16.8 Å². The molecule has 3 rings (SSSR count). The average molecular weight is 209 g/mol. The van der Waals surface area contributed by atoms with Gasteiger partial charge in [0.05, 0.1) is 11.6 Å². The molecule has 0 saturated heterocycles. The van der Waals surface area contributed by atoms with Crippen LogP contribution in [0.2, 0.25) is 5.28 Å². The van der Waals surface area contributed by atoms with E-state index < -0.39 is 0 Å². The van der Waals surface area contributed by atoms with Crippen LogP contribution in [0, 0.1) is 0 Å². The highest BCUT2D eigenvalue weighted by molar-refractivity contribution is 6.29. The molecule has 1 aliphatic heterocycles. The van der Waals surface area contributed by atoms with Gasteiger partial charge in [0.2, 0.25) is 5.28 Å². The Balaban J connectivity index is 2.48. The van der Waals surface area contributed by atoms with Crippen LogP contribution in [0.15, 0.2) is 18.2 Å². The second-order valence-corrected chi connectivity index (χ2v) is 3.87. The van der Waals surface area contributed by atoms with E-state index in [9.17, 15) is 0 Å². The zero-order valence-corrected chi connectivity index (χ0v) is 8.45. The normalized spacial score (nSPS) is 19.7. The second kappa shape index (κ2) is 2.64. The second-order valence-electron chi connectivity index (χ2n) is 3.53. The molecule has 14 heavy (non-hydrogen) atoms. The van der Waals surface area contributed by atoms with E-state index in [4.69, 9.17) is 16.3 Å². The quantitative estimate of drug-likeness (QED) is 0.666. The van der Waals surface area contributed by atoms with Crippen molar-refractivity contribution in [2.45, 2.75) is 13.0 Å². The lowest BCUT2D eigenvalue weighted by Gasteiger charge is -2.22. The number of hydrogen-bond donors (Lipinski definition) is 0. The first kappa shape index (κ1) is 8.12. The molecular formula is C10H9ClN2O. The first-order valence-corrected chi connectivity index (χ1v) is 4.94.